The molecule has 6 rings (SSSR count). The molecule has 2 fully saturated rings. The Morgan fingerprint density at radius 3 is 1.54 bits per heavy atom. The third kappa shape index (κ3) is 5.40. The lowest BCUT2D eigenvalue weighted by Crippen LogP contribution is -2.28. The monoisotopic (exact) mass is 526 g/mol. The molecule has 0 nitrogen and oxygen atoms in total. The van der Waals surface area contributed by atoms with Crippen molar-refractivity contribution in [3.05, 3.63) is 68.3 Å². The zero-order valence-corrected chi connectivity index (χ0v) is 27.5. The number of hydrogen-bond donors (Lipinski definition) is 0. The first-order chi connectivity index (χ1) is 18.0. The minimum atomic E-state index is 0.267. The molecule has 4 aliphatic rings. The van der Waals surface area contributed by atoms with Crippen molar-refractivity contribution in [1.29, 1.82) is 0 Å². The molecule has 2 saturated carbocycles. The van der Waals surface area contributed by atoms with Crippen LogP contribution in [0, 0.1) is 18.8 Å². The summed E-state index contributed by atoms with van der Waals surface area (Å²) in [5.41, 5.74) is 16.2. The minimum Gasteiger partial charge on any atom is -0.0585 e. The van der Waals surface area contributed by atoms with Gasteiger partial charge in [0.1, 0.15) is 0 Å². The molecule has 0 unspecified atom stereocenters. The maximum absolute atomic E-state index is 2.54. The predicted octanol–water partition coefficient (Wildman–Crippen LogP) is 10.6. The Morgan fingerprint density at radius 1 is 0.538 bits per heavy atom. The van der Waals surface area contributed by atoms with Crippen LogP contribution in [-0.4, -0.2) is 0 Å². The average Bonchev–Trinajstić information content (AvgIpc) is 3.75. The lowest BCUT2D eigenvalue weighted by Gasteiger charge is -2.35. The summed E-state index contributed by atoms with van der Waals surface area (Å²) in [7, 11) is 0. The summed E-state index contributed by atoms with van der Waals surface area (Å²) in [6.45, 7) is 26.6. The second kappa shape index (κ2) is 9.77. The smallest absolute Gasteiger partial charge is 0.00722 e. The van der Waals surface area contributed by atoms with Gasteiger partial charge in [-0.1, -0.05) is 87.4 Å². The van der Waals surface area contributed by atoms with Gasteiger partial charge in [0.15, 0.2) is 0 Å². The van der Waals surface area contributed by atoms with E-state index in [-0.39, 0.29) is 10.8 Å². The molecule has 0 spiro atoms. The second-order valence-electron chi connectivity index (χ2n) is 16.9. The van der Waals surface area contributed by atoms with Gasteiger partial charge in [0, 0.05) is 0 Å². The first kappa shape index (κ1) is 29.0. The molecule has 0 N–H and O–H groups in total. The summed E-state index contributed by atoms with van der Waals surface area (Å²) < 4.78 is 0. The SMILES string of the molecule is CC(C)(C)c1c(C(C)(C)C2CC2)ccc2c1CCC2.Cc1cc(C(C)(C)C2CC2)c(C(C)(C)C)c2c1CCC2. The summed E-state index contributed by atoms with van der Waals surface area (Å²) in [6.07, 6.45) is 13.6. The highest BCUT2D eigenvalue weighted by atomic mass is 14.5. The van der Waals surface area contributed by atoms with E-state index in [0.29, 0.717) is 10.8 Å². The van der Waals surface area contributed by atoms with Gasteiger partial charge in [-0.2, -0.15) is 0 Å². The van der Waals surface area contributed by atoms with E-state index in [4.69, 9.17) is 0 Å². The molecule has 0 saturated heterocycles. The van der Waals surface area contributed by atoms with Crippen molar-refractivity contribution in [3.8, 4) is 0 Å². The van der Waals surface area contributed by atoms with Crippen LogP contribution in [0.5, 0.6) is 0 Å². The summed E-state index contributed by atoms with van der Waals surface area (Å²) in [5.74, 6) is 1.82. The topological polar surface area (TPSA) is 0 Å². The van der Waals surface area contributed by atoms with Gasteiger partial charge in [-0.05, 0) is 155 Å². The van der Waals surface area contributed by atoms with Gasteiger partial charge in [-0.3, -0.25) is 0 Å². The molecule has 0 heterocycles. The molecule has 0 aromatic heterocycles. The summed E-state index contributed by atoms with van der Waals surface area (Å²) in [4.78, 5) is 0. The van der Waals surface area contributed by atoms with E-state index in [0.717, 1.165) is 11.8 Å². The highest BCUT2D eigenvalue weighted by Crippen LogP contribution is 2.52. The molecule has 2 aromatic carbocycles. The fraction of sp³-hybridized carbons (Fsp3) is 0.692. The van der Waals surface area contributed by atoms with Crippen molar-refractivity contribution in [2.24, 2.45) is 11.8 Å². The van der Waals surface area contributed by atoms with Crippen molar-refractivity contribution in [2.45, 2.75) is 162 Å². The van der Waals surface area contributed by atoms with Gasteiger partial charge in [0.05, 0.1) is 0 Å². The standard InChI is InChI=1S/C20H30.C19H28/c1-13-12-17(20(5,6)14-10-11-14)18(19(2,3)4)16-9-7-8-15(13)16;1-18(2,3)17-15-8-6-7-13(15)9-12-16(17)19(4,5)14-10-11-14/h12,14H,7-11H2,1-6H3;9,12,14H,6-8,10-11H2,1-5H3. The van der Waals surface area contributed by atoms with Gasteiger partial charge in [0.2, 0.25) is 0 Å². The van der Waals surface area contributed by atoms with Crippen LogP contribution < -0.4 is 0 Å². The Labute approximate surface area is 241 Å². The van der Waals surface area contributed by atoms with E-state index in [9.17, 15) is 0 Å². The number of aryl methyl sites for hydroxylation is 2. The van der Waals surface area contributed by atoms with Crippen molar-refractivity contribution >= 4 is 0 Å². The van der Waals surface area contributed by atoms with Crippen LogP contribution in [0.3, 0.4) is 0 Å². The van der Waals surface area contributed by atoms with Crippen molar-refractivity contribution in [3.63, 3.8) is 0 Å². The first-order valence-electron chi connectivity index (χ1n) is 16.4. The molecule has 2 aromatic rings. The van der Waals surface area contributed by atoms with E-state index in [1.807, 2.05) is 0 Å². The number of rotatable bonds is 4. The fourth-order valence-corrected chi connectivity index (χ4v) is 8.47. The fourth-order valence-electron chi connectivity index (χ4n) is 8.47. The number of hydrogen-bond acceptors (Lipinski definition) is 0. The van der Waals surface area contributed by atoms with E-state index in [1.165, 1.54) is 64.2 Å². The molecule has 0 radical (unpaired) electrons. The molecular weight excluding hydrogens is 468 g/mol. The Hall–Kier alpha value is -1.56. The van der Waals surface area contributed by atoms with E-state index in [1.54, 1.807) is 50.1 Å². The molecule has 0 aliphatic heterocycles. The van der Waals surface area contributed by atoms with Gasteiger partial charge >= 0.3 is 0 Å². The predicted molar refractivity (Wildman–Crippen MR) is 171 cm³/mol. The van der Waals surface area contributed by atoms with Gasteiger partial charge in [0.25, 0.3) is 0 Å². The average molecular weight is 527 g/mol. The van der Waals surface area contributed by atoms with E-state index >= 15 is 0 Å². The van der Waals surface area contributed by atoms with Crippen LogP contribution in [0.1, 0.15) is 158 Å². The van der Waals surface area contributed by atoms with E-state index < -0.39 is 0 Å². The lowest BCUT2D eigenvalue weighted by molar-refractivity contribution is 0.435. The number of fused-ring (bicyclic) bond motifs is 2. The lowest BCUT2D eigenvalue weighted by atomic mass is 9.69. The van der Waals surface area contributed by atoms with Crippen LogP contribution in [0.4, 0.5) is 0 Å². The maximum Gasteiger partial charge on any atom is -0.00722 e. The number of benzene rings is 2. The normalized spacial score (nSPS) is 19.5. The van der Waals surface area contributed by atoms with Crippen molar-refractivity contribution in [1.82, 2.24) is 0 Å². The molecular formula is C39H58. The summed E-state index contributed by atoms with van der Waals surface area (Å²) in [6, 6.07) is 7.43. The van der Waals surface area contributed by atoms with Crippen molar-refractivity contribution in [2.75, 3.05) is 0 Å². The molecule has 0 heteroatoms. The van der Waals surface area contributed by atoms with Gasteiger partial charge in [-0.15, -0.1) is 0 Å². The van der Waals surface area contributed by atoms with Crippen LogP contribution in [0.2, 0.25) is 0 Å². The Balaban J connectivity index is 0.000000158. The molecule has 4 aliphatic carbocycles. The second-order valence-corrected chi connectivity index (χ2v) is 16.9. The molecule has 39 heavy (non-hydrogen) atoms. The Bertz CT molecular complexity index is 1230. The third-order valence-electron chi connectivity index (χ3n) is 11.0. The van der Waals surface area contributed by atoms with Crippen molar-refractivity contribution < 1.29 is 0 Å². The third-order valence-corrected chi connectivity index (χ3v) is 11.0. The zero-order chi connectivity index (χ0) is 28.5. The Morgan fingerprint density at radius 2 is 1.00 bits per heavy atom. The maximum atomic E-state index is 2.54. The summed E-state index contributed by atoms with van der Waals surface area (Å²) in [5, 5.41) is 0. The van der Waals surface area contributed by atoms with Crippen LogP contribution in [0.15, 0.2) is 18.2 Å². The van der Waals surface area contributed by atoms with E-state index in [2.05, 4.69) is 94.4 Å². The molecule has 0 amide bonds. The van der Waals surface area contributed by atoms with Gasteiger partial charge in [-0.25, -0.2) is 0 Å². The highest BCUT2D eigenvalue weighted by Gasteiger charge is 2.43. The summed E-state index contributed by atoms with van der Waals surface area (Å²) >= 11 is 0. The molecule has 0 atom stereocenters. The van der Waals surface area contributed by atoms with Crippen LogP contribution >= 0.6 is 0 Å². The Kier molecular flexibility index (Phi) is 7.25. The van der Waals surface area contributed by atoms with Gasteiger partial charge < -0.3 is 0 Å². The van der Waals surface area contributed by atoms with Crippen LogP contribution in [-0.2, 0) is 47.3 Å². The first-order valence-corrected chi connectivity index (χ1v) is 16.4. The quantitative estimate of drug-likeness (QED) is 0.371. The largest absolute Gasteiger partial charge is 0.0585 e. The van der Waals surface area contributed by atoms with Crippen LogP contribution in [0.25, 0.3) is 0 Å². The zero-order valence-electron chi connectivity index (χ0n) is 27.5. The highest BCUT2D eigenvalue weighted by molar-refractivity contribution is 5.54. The molecule has 214 valence electrons. The minimum absolute atomic E-state index is 0.267. The molecule has 0 bridgehead atoms.